The van der Waals surface area contributed by atoms with Gasteiger partial charge in [-0.25, -0.2) is 9.52 Å². The third-order valence-corrected chi connectivity index (χ3v) is 6.33. The van der Waals surface area contributed by atoms with Gasteiger partial charge in [0, 0.05) is 29.4 Å². The van der Waals surface area contributed by atoms with Gasteiger partial charge in [0.2, 0.25) is 0 Å². The van der Waals surface area contributed by atoms with E-state index in [4.69, 9.17) is 11.6 Å². The Morgan fingerprint density at radius 2 is 1.59 bits per heavy atom. The molecule has 1 aromatic heterocycles. The second-order valence-electron chi connectivity index (χ2n) is 9.08. The third kappa shape index (κ3) is 6.24. The van der Waals surface area contributed by atoms with Gasteiger partial charge in [-0.15, -0.1) is 0 Å². The predicted molar refractivity (Wildman–Crippen MR) is 129 cm³/mol. The van der Waals surface area contributed by atoms with Crippen molar-refractivity contribution in [3.63, 3.8) is 0 Å². The maximum atomic E-state index is 12.9. The summed E-state index contributed by atoms with van der Waals surface area (Å²) in [5, 5.41) is 7.36. The van der Waals surface area contributed by atoms with Crippen LogP contribution in [0.1, 0.15) is 76.2 Å². The first-order chi connectivity index (χ1) is 14.7. The van der Waals surface area contributed by atoms with Gasteiger partial charge in [-0.2, -0.15) is 13.5 Å². The van der Waals surface area contributed by atoms with Crippen LogP contribution in [0.4, 0.5) is 10.5 Å². The lowest BCUT2D eigenvalue weighted by Gasteiger charge is -2.21. The Balaban J connectivity index is 2.36. The number of sulfonamides is 1. The van der Waals surface area contributed by atoms with Gasteiger partial charge in [-0.05, 0) is 63.0 Å². The fourth-order valence-corrected chi connectivity index (χ4v) is 4.57. The van der Waals surface area contributed by atoms with E-state index in [1.165, 1.54) is 6.07 Å². The number of urea groups is 1. The number of nitrogens with zero attached hydrogens (tertiary/aromatic N) is 3. The van der Waals surface area contributed by atoms with Gasteiger partial charge in [0.15, 0.2) is 5.03 Å². The first-order valence-electron chi connectivity index (χ1n) is 10.6. The number of carbonyl (C=O) groups excluding carboxylic acids is 1. The second-order valence-corrected chi connectivity index (χ2v) is 11.1. The number of halogens is 1. The van der Waals surface area contributed by atoms with E-state index in [0.717, 1.165) is 16.8 Å². The number of amides is 2. The highest BCUT2D eigenvalue weighted by molar-refractivity contribution is 7.90. The van der Waals surface area contributed by atoms with Crippen LogP contribution in [0, 0.1) is 0 Å². The number of carbonyl (C=O) groups is 1. The number of benzene rings is 1. The highest BCUT2D eigenvalue weighted by atomic mass is 35.5. The van der Waals surface area contributed by atoms with Crippen LogP contribution in [-0.2, 0) is 16.6 Å². The fraction of sp³-hybridized carbons (Fsp3) is 0.545. The van der Waals surface area contributed by atoms with Crippen molar-refractivity contribution in [1.29, 1.82) is 0 Å². The molecule has 178 valence electrons. The van der Waals surface area contributed by atoms with E-state index in [1.54, 1.807) is 16.8 Å². The molecular weight excluding hydrogens is 450 g/mol. The van der Waals surface area contributed by atoms with Crippen molar-refractivity contribution in [2.24, 2.45) is 0 Å². The summed E-state index contributed by atoms with van der Waals surface area (Å²) in [4.78, 5) is 14.7. The lowest BCUT2D eigenvalue weighted by molar-refractivity contribution is 0.256. The fourth-order valence-electron chi connectivity index (χ4n) is 3.45. The van der Waals surface area contributed by atoms with Crippen molar-refractivity contribution in [2.45, 2.75) is 71.0 Å². The van der Waals surface area contributed by atoms with Gasteiger partial charge in [-0.3, -0.25) is 4.68 Å². The van der Waals surface area contributed by atoms with Crippen LogP contribution in [0.25, 0.3) is 0 Å². The number of rotatable bonds is 8. The highest BCUT2D eigenvalue weighted by Gasteiger charge is 2.25. The van der Waals surface area contributed by atoms with Crippen LogP contribution in [0.5, 0.6) is 0 Å². The summed E-state index contributed by atoms with van der Waals surface area (Å²) in [7, 11) is -0.381. The number of aromatic nitrogens is 2. The summed E-state index contributed by atoms with van der Waals surface area (Å²) in [6.07, 6.45) is 0. The zero-order chi connectivity index (χ0) is 24.4. The molecule has 0 aliphatic rings. The Hall–Kier alpha value is -2.10. The van der Waals surface area contributed by atoms with E-state index in [1.807, 2.05) is 60.5 Å². The maximum absolute atomic E-state index is 12.9. The van der Waals surface area contributed by atoms with E-state index in [2.05, 4.69) is 15.1 Å². The molecule has 2 rings (SSSR count). The summed E-state index contributed by atoms with van der Waals surface area (Å²) >= 11 is 6.27. The molecule has 0 radical (unpaired) electrons. The Labute approximate surface area is 196 Å². The van der Waals surface area contributed by atoms with Crippen molar-refractivity contribution in [1.82, 2.24) is 19.4 Å². The topological polar surface area (TPSA) is 96.3 Å². The van der Waals surface area contributed by atoms with E-state index in [-0.39, 0.29) is 22.9 Å². The second kappa shape index (κ2) is 10.2. The first-order valence-corrected chi connectivity index (χ1v) is 12.5. The van der Waals surface area contributed by atoms with Crippen molar-refractivity contribution in [2.75, 3.05) is 19.4 Å². The van der Waals surface area contributed by atoms with Crippen LogP contribution in [0.3, 0.4) is 0 Å². The zero-order valence-corrected chi connectivity index (χ0v) is 21.6. The van der Waals surface area contributed by atoms with Crippen molar-refractivity contribution < 1.29 is 13.2 Å². The lowest BCUT2D eigenvalue weighted by atomic mass is 9.92. The van der Waals surface area contributed by atoms with Gasteiger partial charge in [0.05, 0.1) is 5.69 Å². The number of hydrogen-bond donors (Lipinski definition) is 2. The largest absolute Gasteiger partial charge is 0.333 e. The molecule has 0 spiro atoms. The highest BCUT2D eigenvalue weighted by Crippen LogP contribution is 2.35. The van der Waals surface area contributed by atoms with E-state index < -0.39 is 16.1 Å². The summed E-state index contributed by atoms with van der Waals surface area (Å²) in [6.45, 7) is 12.3. The van der Waals surface area contributed by atoms with Crippen molar-refractivity contribution in [3.05, 3.63) is 40.0 Å². The van der Waals surface area contributed by atoms with Crippen molar-refractivity contribution >= 4 is 33.3 Å². The van der Waals surface area contributed by atoms with Crippen LogP contribution >= 0.6 is 11.6 Å². The van der Waals surface area contributed by atoms with Gasteiger partial charge in [-0.1, -0.05) is 39.3 Å². The molecule has 32 heavy (non-hydrogen) atoms. The van der Waals surface area contributed by atoms with Gasteiger partial charge < -0.3 is 10.2 Å². The normalized spacial score (nSPS) is 12.3. The quantitative estimate of drug-likeness (QED) is 0.554. The lowest BCUT2D eigenvalue weighted by Crippen LogP contribution is -2.35. The summed E-state index contributed by atoms with van der Waals surface area (Å²) < 4.78 is 29.6. The smallest absolute Gasteiger partial charge is 0.307 e. The summed E-state index contributed by atoms with van der Waals surface area (Å²) in [5.74, 6) is 0.155. The SMILES string of the molecule is CC(C)c1cc(Cl)cc(C(C)C)c1NC(=O)NS(=O)(=O)c1cc(CN(C)C)n(C(C)C)n1. The Kier molecular flexibility index (Phi) is 8.36. The monoisotopic (exact) mass is 483 g/mol. The average molecular weight is 484 g/mol. The van der Waals surface area contributed by atoms with Gasteiger partial charge >= 0.3 is 6.03 Å². The first kappa shape index (κ1) is 26.2. The van der Waals surface area contributed by atoms with E-state index in [9.17, 15) is 13.2 Å². The standard InChI is InChI=1S/C22H34ClN5O3S/c1-13(2)18-9-16(23)10-19(14(3)4)21(18)24-22(29)26-32(30,31)20-11-17(12-27(7)8)28(25-20)15(5)6/h9-11,13-15H,12H2,1-8H3,(H2,24,26,29). The molecule has 2 amide bonds. The molecule has 10 heteroatoms. The molecular formula is C22H34ClN5O3S. The Morgan fingerprint density at radius 1 is 1.06 bits per heavy atom. The molecule has 0 saturated heterocycles. The molecule has 8 nitrogen and oxygen atoms in total. The number of anilines is 1. The molecule has 0 saturated carbocycles. The molecule has 0 bridgehead atoms. The minimum atomic E-state index is -4.16. The summed E-state index contributed by atoms with van der Waals surface area (Å²) in [6, 6.07) is 4.21. The van der Waals surface area contributed by atoms with Crippen LogP contribution < -0.4 is 10.0 Å². The van der Waals surface area contributed by atoms with Gasteiger partial charge in [0.1, 0.15) is 0 Å². The minimum absolute atomic E-state index is 0.0287. The minimum Gasteiger partial charge on any atom is -0.307 e. The molecule has 1 aromatic carbocycles. The van der Waals surface area contributed by atoms with Crippen molar-refractivity contribution in [3.8, 4) is 0 Å². The number of nitrogens with one attached hydrogen (secondary N) is 2. The molecule has 0 atom stereocenters. The third-order valence-electron chi connectivity index (χ3n) is 4.91. The average Bonchev–Trinajstić information content (AvgIpc) is 3.06. The zero-order valence-electron chi connectivity index (χ0n) is 20.0. The molecule has 0 unspecified atom stereocenters. The van der Waals surface area contributed by atoms with E-state index in [0.29, 0.717) is 17.3 Å². The molecule has 2 N–H and O–H groups in total. The molecule has 2 aromatic rings. The molecule has 0 aliphatic heterocycles. The van der Waals surface area contributed by atoms with Crippen LogP contribution in [0.15, 0.2) is 23.2 Å². The molecule has 0 fully saturated rings. The Bertz CT molecular complexity index is 1050. The van der Waals surface area contributed by atoms with E-state index >= 15 is 0 Å². The van der Waals surface area contributed by atoms with Crippen LogP contribution in [-0.4, -0.2) is 43.2 Å². The van der Waals surface area contributed by atoms with Gasteiger partial charge in [0.25, 0.3) is 10.0 Å². The molecule has 0 aliphatic carbocycles. The Morgan fingerprint density at radius 3 is 2.03 bits per heavy atom. The maximum Gasteiger partial charge on any atom is 0.333 e. The predicted octanol–water partition coefficient (Wildman–Crippen LogP) is 4.94. The molecule has 1 heterocycles. The number of hydrogen-bond acceptors (Lipinski definition) is 5. The van der Waals surface area contributed by atoms with Crippen LogP contribution in [0.2, 0.25) is 5.02 Å². The summed E-state index contributed by atoms with van der Waals surface area (Å²) in [5.41, 5.74) is 3.00.